The van der Waals surface area contributed by atoms with Crippen LogP contribution in [0.5, 0.6) is 11.5 Å². The lowest BCUT2D eigenvalue weighted by atomic mass is 9.95. The van der Waals surface area contributed by atoms with Crippen molar-refractivity contribution in [1.29, 1.82) is 0 Å². The molecular weight excluding hydrogens is 360 g/mol. The first-order valence-electron chi connectivity index (χ1n) is 11.0. The number of benzene rings is 2. The normalized spacial score (nSPS) is 20.7. The zero-order chi connectivity index (χ0) is 19.5. The number of hydrogen-bond donors (Lipinski definition) is 0. The molecule has 0 aromatic heterocycles. The highest BCUT2D eigenvalue weighted by Crippen LogP contribution is 2.39. The van der Waals surface area contributed by atoms with Crippen LogP contribution < -0.4 is 14.4 Å². The number of unbranched alkanes of at least 4 members (excludes halogenated alkanes) is 1. The molecule has 1 unspecified atom stereocenters. The Morgan fingerprint density at radius 3 is 2.66 bits per heavy atom. The van der Waals surface area contributed by atoms with Crippen LogP contribution in [-0.2, 0) is 0 Å². The second kappa shape index (κ2) is 8.50. The number of allylic oxidation sites excluding steroid dienone is 1. The van der Waals surface area contributed by atoms with Gasteiger partial charge in [0.2, 0.25) is 0 Å². The summed E-state index contributed by atoms with van der Waals surface area (Å²) in [5, 5.41) is 0. The van der Waals surface area contributed by atoms with Gasteiger partial charge in [-0.2, -0.15) is 0 Å². The van der Waals surface area contributed by atoms with Gasteiger partial charge in [0.05, 0.1) is 5.69 Å². The maximum absolute atomic E-state index is 5.90. The Morgan fingerprint density at radius 2 is 1.72 bits per heavy atom. The van der Waals surface area contributed by atoms with E-state index in [0.717, 1.165) is 37.7 Å². The lowest BCUT2D eigenvalue weighted by Crippen LogP contribution is -2.46. The van der Waals surface area contributed by atoms with Gasteiger partial charge in [-0.15, -0.1) is 0 Å². The largest absolute Gasteiger partial charge is 0.486 e. The fourth-order valence-electron chi connectivity index (χ4n) is 4.79. The van der Waals surface area contributed by atoms with Gasteiger partial charge in [-0.1, -0.05) is 48.9 Å². The lowest BCUT2D eigenvalue weighted by Gasteiger charge is -2.37. The topological polar surface area (TPSA) is 24.9 Å². The van der Waals surface area contributed by atoms with E-state index in [9.17, 15) is 0 Å². The van der Waals surface area contributed by atoms with Crippen molar-refractivity contribution in [2.24, 2.45) is 0 Å². The number of para-hydroxylation sites is 1. The molecular formula is C25H30N2O2. The van der Waals surface area contributed by atoms with Crippen LogP contribution in [0.15, 0.2) is 48.5 Å². The molecule has 0 spiro atoms. The fourth-order valence-corrected chi connectivity index (χ4v) is 4.79. The highest BCUT2D eigenvalue weighted by atomic mass is 16.6. The molecule has 1 saturated heterocycles. The first-order chi connectivity index (χ1) is 14.4. The van der Waals surface area contributed by atoms with Crippen LogP contribution in [0.25, 0.3) is 6.08 Å². The quantitative estimate of drug-likeness (QED) is 0.675. The molecule has 5 rings (SSSR count). The zero-order valence-electron chi connectivity index (χ0n) is 17.1. The average molecular weight is 391 g/mol. The summed E-state index contributed by atoms with van der Waals surface area (Å²) in [6.07, 6.45) is 8.51. The molecule has 0 saturated carbocycles. The predicted molar refractivity (Wildman–Crippen MR) is 118 cm³/mol. The van der Waals surface area contributed by atoms with Crippen molar-refractivity contribution in [3.05, 3.63) is 59.7 Å². The maximum atomic E-state index is 5.90. The Labute approximate surface area is 173 Å². The van der Waals surface area contributed by atoms with E-state index in [1.54, 1.807) is 0 Å². The molecule has 2 aliphatic heterocycles. The molecule has 0 radical (unpaired) electrons. The summed E-state index contributed by atoms with van der Waals surface area (Å²) in [7, 11) is 0. The van der Waals surface area contributed by atoms with Crippen molar-refractivity contribution in [3.8, 4) is 11.5 Å². The van der Waals surface area contributed by atoms with Crippen molar-refractivity contribution in [2.75, 3.05) is 50.8 Å². The van der Waals surface area contributed by atoms with Gasteiger partial charge in [-0.05, 0) is 42.6 Å². The average Bonchev–Trinajstić information content (AvgIpc) is 3.20. The molecule has 0 bridgehead atoms. The van der Waals surface area contributed by atoms with Gasteiger partial charge in [0, 0.05) is 32.1 Å². The molecule has 1 aliphatic carbocycles. The highest BCUT2D eigenvalue weighted by Gasteiger charge is 2.23. The van der Waals surface area contributed by atoms with E-state index in [2.05, 4.69) is 58.4 Å². The number of rotatable bonds is 6. The van der Waals surface area contributed by atoms with Crippen molar-refractivity contribution in [1.82, 2.24) is 4.90 Å². The molecule has 29 heavy (non-hydrogen) atoms. The number of ether oxygens (including phenoxy) is 2. The molecule has 0 N–H and O–H groups in total. The molecule has 4 nitrogen and oxygen atoms in total. The van der Waals surface area contributed by atoms with Gasteiger partial charge in [-0.25, -0.2) is 0 Å². The summed E-state index contributed by atoms with van der Waals surface area (Å²) in [4.78, 5) is 5.06. The summed E-state index contributed by atoms with van der Waals surface area (Å²) in [5.41, 5.74) is 4.11. The van der Waals surface area contributed by atoms with Crippen LogP contribution in [0.1, 0.15) is 36.3 Å². The Kier molecular flexibility index (Phi) is 5.44. The third kappa shape index (κ3) is 3.99. The summed E-state index contributed by atoms with van der Waals surface area (Å²) in [5.74, 6) is 2.44. The zero-order valence-corrected chi connectivity index (χ0v) is 17.1. The monoisotopic (exact) mass is 390 g/mol. The van der Waals surface area contributed by atoms with Crippen LogP contribution in [-0.4, -0.2) is 50.8 Å². The van der Waals surface area contributed by atoms with Gasteiger partial charge in [0.25, 0.3) is 0 Å². The predicted octanol–water partition coefficient (Wildman–Crippen LogP) is 4.56. The Hall–Kier alpha value is -2.46. The smallest absolute Gasteiger partial charge is 0.184 e. The first-order valence-corrected chi connectivity index (χ1v) is 11.0. The molecule has 1 fully saturated rings. The number of fused-ring (bicyclic) bond motifs is 2. The van der Waals surface area contributed by atoms with Crippen molar-refractivity contribution >= 4 is 11.8 Å². The number of anilines is 1. The molecule has 4 heteroatoms. The first kappa shape index (κ1) is 18.6. The van der Waals surface area contributed by atoms with Crippen LogP contribution >= 0.6 is 0 Å². The van der Waals surface area contributed by atoms with Crippen molar-refractivity contribution in [3.63, 3.8) is 0 Å². The van der Waals surface area contributed by atoms with Gasteiger partial charge >= 0.3 is 0 Å². The van der Waals surface area contributed by atoms with Crippen LogP contribution in [0.4, 0.5) is 5.69 Å². The van der Waals surface area contributed by atoms with Crippen LogP contribution in [0.3, 0.4) is 0 Å². The Balaban J connectivity index is 1.07. The summed E-state index contributed by atoms with van der Waals surface area (Å²) < 4.78 is 11.6. The minimum Gasteiger partial charge on any atom is -0.486 e. The highest BCUT2D eigenvalue weighted by molar-refractivity contribution is 5.65. The van der Waals surface area contributed by atoms with Gasteiger partial charge in [-0.3, -0.25) is 4.90 Å². The van der Waals surface area contributed by atoms with Crippen LogP contribution in [0, 0.1) is 0 Å². The van der Waals surface area contributed by atoms with E-state index in [0.29, 0.717) is 19.1 Å². The van der Waals surface area contributed by atoms with Crippen molar-refractivity contribution in [2.45, 2.75) is 25.2 Å². The molecule has 1 atom stereocenters. The SMILES string of the molecule is C1=CC(CCCCN2CCN(c3cccc4c3OCCO4)CC2)c2ccccc21. The minimum atomic E-state index is 0.620. The second-order valence-corrected chi connectivity index (χ2v) is 8.22. The van der Waals surface area contributed by atoms with Gasteiger partial charge in [0.1, 0.15) is 13.2 Å². The number of nitrogens with zero attached hydrogens (tertiary/aromatic N) is 2. The third-order valence-corrected chi connectivity index (χ3v) is 6.40. The van der Waals surface area contributed by atoms with Gasteiger partial charge < -0.3 is 14.4 Å². The standard InChI is InChI=1S/C25H30N2O2/c1-2-8-22-20(6-1)11-12-21(22)7-3-4-13-26-14-16-27(17-15-26)23-9-5-10-24-25(23)29-19-18-28-24/h1-2,5-6,8-12,21H,3-4,7,13-19H2. The second-order valence-electron chi connectivity index (χ2n) is 8.22. The van der Waals surface area contributed by atoms with Crippen LogP contribution in [0.2, 0.25) is 0 Å². The molecule has 2 aromatic carbocycles. The van der Waals surface area contributed by atoms with E-state index in [4.69, 9.17) is 9.47 Å². The Bertz CT molecular complexity index is 871. The molecule has 0 amide bonds. The van der Waals surface area contributed by atoms with Gasteiger partial charge in [0.15, 0.2) is 11.5 Å². The van der Waals surface area contributed by atoms with E-state index in [1.807, 2.05) is 6.07 Å². The van der Waals surface area contributed by atoms with E-state index in [1.165, 1.54) is 42.6 Å². The molecule has 152 valence electrons. The molecule has 3 aliphatic rings. The summed E-state index contributed by atoms with van der Waals surface area (Å²) in [6, 6.07) is 15.1. The third-order valence-electron chi connectivity index (χ3n) is 6.40. The van der Waals surface area contributed by atoms with E-state index in [-0.39, 0.29) is 0 Å². The summed E-state index contributed by atoms with van der Waals surface area (Å²) >= 11 is 0. The molecule has 2 heterocycles. The van der Waals surface area contributed by atoms with Crippen molar-refractivity contribution < 1.29 is 9.47 Å². The maximum Gasteiger partial charge on any atom is 0.184 e. The minimum absolute atomic E-state index is 0.620. The van der Waals surface area contributed by atoms with E-state index < -0.39 is 0 Å². The number of piperazine rings is 1. The van der Waals surface area contributed by atoms with E-state index >= 15 is 0 Å². The lowest BCUT2D eigenvalue weighted by molar-refractivity contribution is 0.171. The fraction of sp³-hybridized carbons (Fsp3) is 0.440. The number of hydrogen-bond acceptors (Lipinski definition) is 4. The molecule has 2 aromatic rings. The summed E-state index contributed by atoms with van der Waals surface area (Å²) in [6.45, 7) is 6.85. The Morgan fingerprint density at radius 1 is 0.862 bits per heavy atom.